The van der Waals surface area contributed by atoms with Crippen LogP contribution in [0.3, 0.4) is 0 Å². The van der Waals surface area contributed by atoms with Crippen molar-refractivity contribution in [1.82, 2.24) is 0 Å². The minimum absolute atomic E-state index is 0.0297. The van der Waals surface area contributed by atoms with Crippen LogP contribution in [0.2, 0.25) is 0 Å². The Morgan fingerprint density at radius 3 is 1.35 bits per heavy atom. The van der Waals surface area contributed by atoms with Crippen molar-refractivity contribution >= 4 is 29.8 Å². The Kier molecular flexibility index (Phi) is 32.6. The SMILES string of the molecule is CCCCCCCCCCCCCC/C(=C\[C@H](CCCCCCCCCCCCCC)OC(C)=O)CO[C@@H]1O[C@H](COC(C)=O)[C@@H](OC(C)=O)[C@H](OC(C)=O)[C@H]1OC(C)=O. The van der Waals surface area contributed by atoms with E-state index in [1.807, 2.05) is 6.08 Å². The molecule has 1 saturated heterocycles. The molecule has 0 aromatic heterocycles. The molecule has 12 heteroatoms. The molecule has 6 atom stereocenters. The average Bonchev–Trinajstić information content (AvgIpc) is 3.18. The fourth-order valence-electron chi connectivity index (χ4n) is 7.75. The minimum Gasteiger partial charge on any atom is -0.463 e. The molecule has 0 amide bonds. The molecular formula is C48H84O12. The summed E-state index contributed by atoms with van der Waals surface area (Å²) < 4.78 is 40.3. The molecular weight excluding hydrogens is 769 g/mol. The van der Waals surface area contributed by atoms with Crippen molar-refractivity contribution in [2.45, 2.75) is 252 Å². The molecule has 0 bridgehead atoms. The number of hydrogen-bond acceptors (Lipinski definition) is 12. The van der Waals surface area contributed by atoms with E-state index in [1.54, 1.807) is 0 Å². The first-order chi connectivity index (χ1) is 28.9. The van der Waals surface area contributed by atoms with Crippen LogP contribution in [0.5, 0.6) is 0 Å². The maximum absolute atomic E-state index is 12.4. The third-order valence-electron chi connectivity index (χ3n) is 10.8. The van der Waals surface area contributed by atoms with E-state index < -0.39 is 60.7 Å². The van der Waals surface area contributed by atoms with Crippen LogP contribution >= 0.6 is 0 Å². The van der Waals surface area contributed by atoms with Crippen LogP contribution in [0.1, 0.15) is 215 Å². The van der Waals surface area contributed by atoms with Crippen LogP contribution in [0, 0.1) is 0 Å². The second-order valence-corrected chi connectivity index (χ2v) is 16.7. The van der Waals surface area contributed by atoms with E-state index in [4.69, 9.17) is 33.2 Å². The Balaban J connectivity index is 3.11. The molecule has 348 valence electrons. The van der Waals surface area contributed by atoms with Crippen molar-refractivity contribution in [2.24, 2.45) is 0 Å². The molecule has 0 N–H and O–H groups in total. The highest BCUT2D eigenvalue weighted by Gasteiger charge is 2.52. The van der Waals surface area contributed by atoms with E-state index in [0.29, 0.717) is 12.8 Å². The predicted octanol–water partition coefficient (Wildman–Crippen LogP) is 11.1. The van der Waals surface area contributed by atoms with Crippen molar-refractivity contribution in [1.29, 1.82) is 0 Å². The van der Waals surface area contributed by atoms with Gasteiger partial charge in [0, 0.05) is 34.6 Å². The van der Waals surface area contributed by atoms with Crippen LogP contribution in [0.25, 0.3) is 0 Å². The lowest BCUT2D eigenvalue weighted by molar-refractivity contribution is -0.306. The normalized spacial score (nSPS) is 19.6. The Morgan fingerprint density at radius 2 is 0.917 bits per heavy atom. The molecule has 12 nitrogen and oxygen atoms in total. The maximum atomic E-state index is 12.4. The van der Waals surface area contributed by atoms with Crippen LogP contribution in [-0.4, -0.2) is 79.9 Å². The highest BCUT2D eigenvalue weighted by atomic mass is 16.7. The molecule has 1 rings (SSSR count). The van der Waals surface area contributed by atoms with Gasteiger partial charge in [-0.2, -0.15) is 0 Å². The number of unbranched alkanes of at least 4 members (excludes halogenated alkanes) is 22. The summed E-state index contributed by atoms with van der Waals surface area (Å²) in [6, 6.07) is 0. The summed E-state index contributed by atoms with van der Waals surface area (Å²) in [6.45, 7) is 10.4. The fourth-order valence-corrected chi connectivity index (χ4v) is 7.75. The molecule has 60 heavy (non-hydrogen) atoms. The monoisotopic (exact) mass is 853 g/mol. The van der Waals surface area contributed by atoms with Gasteiger partial charge < -0.3 is 33.2 Å². The molecule has 1 aliphatic rings. The Bertz CT molecular complexity index is 1200. The molecule has 0 aliphatic carbocycles. The zero-order chi connectivity index (χ0) is 44.4. The molecule has 1 fully saturated rings. The van der Waals surface area contributed by atoms with Gasteiger partial charge in [-0.25, -0.2) is 0 Å². The molecule has 0 aromatic rings. The van der Waals surface area contributed by atoms with Crippen molar-refractivity contribution in [3.8, 4) is 0 Å². The number of carbonyl (C=O) groups is 5. The van der Waals surface area contributed by atoms with E-state index in [0.717, 1.165) is 44.1 Å². The summed E-state index contributed by atoms with van der Waals surface area (Å²) >= 11 is 0. The standard InChI is InChI=1S/C48H84O12/c1-8-10-12-14-16-18-20-22-24-26-28-30-32-42(34-43(56-38(4)50)33-31-29-27-25-23-21-19-17-15-13-11-9-2)35-55-48-47(59-41(7)53)46(58-40(6)52)45(57-39(5)51)44(60-48)36-54-37(3)49/h34,43-48H,8-33,35-36H2,1-7H3/b42-34+/t43-,44+,45+,46-,47+,48+/m0/s1. The second kappa shape index (κ2) is 35.6. The van der Waals surface area contributed by atoms with Crippen molar-refractivity contribution < 1.29 is 57.1 Å². The lowest BCUT2D eigenvalue weighted by atomic mass is 9.98. The molecule has 1 heterocycles. The highest BCUT2D eigenvalue weighted by Crippen LogP contribution is 2.31. The summed E-state index contributed by atoms with van der Waals surface area (Å²) in [6.07, 6.45) is 26.0. The van der Waals surface area contributed by atoms with Gasteiger partial charge in [-0.3, -0.25) is 24.0 Å². The third kappa shape index (κ3) is 28.5. The smallest absolute Gasteiger partial charge is 0.303 e. The van der Waals surface area contributed by atoms with E-state index in [2.05, 4.69) is 13.8 Å². The number of carbonyl (C=O) groups excluding carboxylic acids is 5. The number of ether oxygens (including phenoxy) is 7. The Labute approximate surface area is 363 Å². The summed E-state index contributed by atoms with van der Waals surface area (Å²) in [5.41, 5.74) is 0.889. The number of esters is 5. The molecule has 0 aromatic carbocycles. The lowest BCUT2D eigenvalue weighted by Crippen LogP contribution is -2.63. The van der Waals surface area contributed by atoms with Crippen LogP contribution in [0.15, 0.2) is 11.6 Å². The van der Waals surface area contributed by atoms with Crippen LogP contribution in [0.4, 0.5) is 0 Å². The number of rotatable bonds is 36. The Hall–Kier alpha value is -2.99. The van der Waals surface area contributed by atoms with Gasteiger partial charge in [-0.05, 0) is 37.3 Å². The zero-order valence-electron chi connectivity index (χ0n) is 38.7. The topological polar surface area (TPSA) is 150 Å². The maximum Gasteiger partial charge on any atom is 0.303 e. The Morgan fingerprint density at radius 1 is 0.500 bits per heavy atom. The van der Waals surface area contributed by atoms with Crippen LogP contribution < -0.4 is 0 Å². The van der Waals surface area contributed by atoms with Gasteiger partial charge in [0.25, 0.3) is 0 Å². The van der Waals surface area contributed by atoms with Crippen molar-refractivity contribution in [3.05, 3.63) is 11.6 Å². The molecule has 0 radical (unpaired) electrons. The quantitative estimate of drug-likeness (QED) is 0.0255. The summed E-state index contributed by atoms with van der Waals surface area (Å²) in [5.74, 6) is -3.07. The highest BCUT2D eigenvalue weighted by molar-refractivity contribution is 5.69. The molecule has 0 saturated carbocycles. The van der Waals surface area contributed by atoms with Gasteiger partial charge in [0.1, 0.15) is 18.8 Å². The second-order valence-electron chi connectivity index (χ2n) is 16.7. The summed E-state index contributed by atoms with van der Waals surface area (Å²) in [4.78, 5) is 61.0. The van der Waals surface area contributed by atoms with Gasteiger partial charge >= 0.3 is 29.8 Å². The molecule has 0 unspecified atom stereocenters. The first-order valence-electron chi connectivity index (χ1n) is 23.7. The fraction of sp³-hybridized carbons (Fsp3) is 0.854. The molecule has 0 spiro atoms. The predicted molar refractivity (Wildman–Crippen MR) is 233 cm³/mol. The largest absolute Gasteiger partial charge is 0.463 e. The van der Waals surface area contributed by atoms with Gasteiger partial charge in [0.2, 0.25) is 0 Å². The third-order valence-corrected chi connectivity index (χ3v) is 10.8. The van der Waals surface area contributed by atoms with Gasteiger partial charge in [0.15, 0.2) is 24.6 Å². The molecule has 1 aliphatic heterocycles. The van der Waals surface area contributed by atoms with E-state index >= 15 is 0 Å². The first-order valence-corrected chi connectivity index (χ1v) is 23.7. The zero-order valence-corrected chi connectivity index (χ0v) is 38.7. The van der Waals surface area contributed by atoms with Crippen LogP contribution in [-0.2, 0) is 57.1 Å². The minimum atomic E-state index is -1.32. The van der Waals surface area contributed by atoms with Gasteiger partial charge in [0.05, 0.1) is 6.61 Å². The van der Waals surface area contributed by atoms with Gasteiger partial charge in [-0.15, -0.1) is 0 Å². The first kappa shape index (κ1) is 55.0. The number of hydrogen-bond donors (Lipinski definition) is 0. The average molecular weight is 853 g/mol. The van der Waals surface area contributed by atoms with E-state index in [-0.39, 0.29) is 19.2 Å². The van der Waals surface area contributed by atoms with Gasteiger partial charge in [-0.1, -0.05) is 155 Å². The lowest BCUT2D eigenvalue weighted by Gasteiger charge is -2.44. The van der Waals surface area contributed by atoms with Crippen molar-refractivity contribution in [3.63, 3.8) is 0 Å². The van der Waals surface area contributed by atoms with Crippen molar-refractivity contribution in [2.75, 3.05) is 13.2 Å². The van der Waals surface area contributed by atoms with E-state index in [1.165, 1.54) is 150 Å². The summed E-state index contributed by atoms with van der Waals surface area (Å²) in [5, 5.41) is 0. The van der Waals surface area contributed by atoms with E-state index in [9.17, 15) is 24.0 Å². The summed E-state index contributed by atoms with van der Waals surface area (Å²) in [7, 11) is 0.